The number of carbonyl (C=O) groups is 2. The van der Waals surface area contributed by atoms with Gasteiger partial charge < -0.3 is 14.7 Å². The van der Waals surface area contributed by atoms with Gasteiger partial charge in [0, 0.05) is 24.5 Å². The molecule has 11 heteroatoms. The van der Waals surface area contributed by atoms with Crippen LogP contribution in [0.2, 0.25) is 6.82 Å². The first-order valence-corrected chi connectivity index (χ1v) is 7.84. The summed E-state index contributed by atoms with van der Waals surface area (Å²) in [6.07, 6.45) is 2.69. The molecule has 24 heavy (non-hydrogen) atoms. The van der Waals surface area contributed by atoms with Gasteiger partial charge in [0.05, 0.1) is 12.6 Å². The molecule has 2 saturated heterocycles. The number of fused-ring (bicyclic) bond motifs is 2. The average molecular weight is 336 g/mol. The van der Waals surface area contributed by atoms with Crippen molar-refractivity contribution in [2.24, 2.45) is 5.11 Å². The van der Waals surface area contributed by atoms with Crippen molar-refractivity contribution in [1.29, 1.82) is 0 Å². The summed E-state index contributed by atoms with van der Waals surface area (Å²) < 4.78 is 0. The molecule has 130 valence electrons. The molecule has 0 aromatic carbocycles. The van der Waals surface area contributed by atoms with E-state index in [1.807, 2.05) is 0 Å². The van der Waals surface area contributed by atoms with Gasteiger partial charge in [-0.05, 0) is 25.2 Å². The Kier molecular flexibility index (Phi) is 6.07. The number of amides is 3. The summed E-state index contributed by atoms with van der Waals surface area (Å²) in [6, 6.07) is -1.07. The zero-order chi connectivity index (χ0) is 17.7. The monoisotopic (exact) mass is 336 g/mol. The molecule has 1 N–H and O–H groups in total. The third-order valence-electron chi connectivity index (χ3n) is 4.18. The summed E-state index contributed by atoms with van der Waals surface area (Å²) in [6.45, 7) is 5.81. The van der Waals surface area contributed by atoms with Crippen LogP contribution in [-0.4, -0.2) is 77.1 Å². The van der Waals surface area contributed by atoms with E-state index in [1.165, 1.54) is 21.6 Å². The van der Waals surface area contributed by atoms with Gasteiger partial charge in [-0.2, -0.15) is 5.06 Å². The fourth-order valence-electron chi connectivity index (χ4n) is 3.06. The fraction of sp³-hybridized carbons (Fsp3) is 0.692. The van der Waals surface area contributed by atoms with Crippen LogP contribution in [0.4, 0.5) is 4.79 Å². The summed E-state index contributed by atoms with van der Waals surface area (Å²) in [5.41, 5.74) is 8.34. The normalized spacial score (nSPS) is 22.2. The SMILES string of the molecule is C=CCON1C(=O)N2CC1CC[C@H]2C(=O)N(CCN=[N+]=[N-])B(C)O. The number of carbonyl (C=O) groups excluding carboxylic acids is 2. The van der Waals surface area contributed by atoms with Crippen molar-refractivity contribution in [2.75, 3.05) is 26.2 Å². The third-order valence-corrected chi connectivity index (χ3v) is 4.18. The van der Waals surface area contributed by atoms with Crippen LogP contribution in [0.25, 0.3) is 10.4 Å². The number of hydrogen-bond acceptors (Lipinski definition) is 5. The number of azide groups is 1. The molecular weight excluding hydrogens is 315 g/mol. The minimum atomic E-state index is -1.03. The van der Waals surface area contributed by atoms with Gasteiger partial charge in [-0.15, -0.1) is 6.58 Å². The molecule has 1 unspecified atom stereocenters. The van der Waals surface area contributed by atoms with E-state index in [2.05, 4.69) is 16.6 Å². The lowest BCUT2D eigenvalue weighted by molar-refractivity contribution is -0.132. The molecule has 0 aromatic heterocycles. The zero-order valence-corrected chi connectivity index (χ0v) is 13.6. The molecule has 2 bridgehead atoms. The molecule has 2 atom stereocenters. The first-order chi connectivity index (χ1) is 11.5. The summed E-state index contributed by atoms with van der Waals surface area (Å²) in [7, 11) is -1.03. The highest BCUT2D eigenvalue weighted by molar-refractivity contribution is 6.49. The molecule has 0 aromatic rings. The van der Waals surface area contributed by atoms with Gasteiger partial charge in [0.25, 0.3) is 0 Å². The van der Waals surface area contributed by atoms with Crippen LogP contribution in [0.1, 0.15) is 12.8 Å². The van der Waals surface area contributed by atoms with Crippen molar-refractivity contribution in [3.63, 3.8) is 0 Å². The quantitative estimate of drug-likeness (QED) is 0.229. The van der Waals surface area contributed by atoms with Crippen molar-refractivity contribution in [2.45, 2.75) is 31.7 Å². The Morgan fingerprint density at radius 1 is 1.67 bits per heavy atom. The van der Waals surface area contributed by atoms with E-state index in [0.717, 1.165) is 0 Å². The molecule has 0 saturated carbocycles. The maximum Gasteiger partial charge on any atom is 0.411 e. The van der Waals surface area contributed by atoms with Gasteiger partial charge in [-0.1, -0.05) is 11.2 Å². The molecule has 0 radical (unpaired) electrons. The Hall–Kier alpha value is -2.23. The third kappa shape index (κ3) is 3.64. The summed E-state index contributed by atoms with van der Waals surface area (Å²) in [5, 5.41) is 14.5. The van der Waals surface area contributed by atoms with E-state index in [4.69, 9.17) is 10.4 Å². The predicted octanol–water partition coefficient (Wildman–Crippen LogP) is 0.622. The van der Waals surface area contributed by atoms with Crippen LogP contribution < -0.4 is 0 Å². The molecule has 3 amide bonds. The first kappa shape index (κ1) is 18.1. The van der Waals surface area contributed by atoms with Crippen LogP contribution in [0.3, 0.4) is 0 Å². The maximum atomic E-state index is 12.7. The largest absolute Gasteiger partial charge is 0.432 e. The Labute approximate surface area is 140 Å². The highest BCUT2D eigenvalue weighted by atomic mass is 16.7. The van der Waals surface area contributed by atoms with Gasteiger partial charge >= 0.3 is 13.1 Å². The van der Waals surface area contributed by atoms with Crippen molar-refractivity contribution < 1.29 is 19.5 Å². The molecule has 0 aliphatic carbocycles. The number of hydroxylamine groups is 2. The minimum absolute atomic E-state index is 0.0605. The van der Waals surface area contributed by atoms with Crippen LogP contribution in [0.15, 0.2) is 17.8 Å². The Balaban J connectivity index is 2.08. The second-order valence-corrected chi connectivity index (χ2v) is 5.71. The lowest BCUT2D eigenvalue weighted by atomic mass is 9.83. The number of rotatable bonds is 8. The standard InChI is InChI=1S/C13H21BN6O4/c1-3-8-24-20-10-4-5-11(18(9-10)13(20)22)12(21)19(14(2)23)7-6-16-17-15/h3,10-11,23H,1,4-9H2,2H3/t10?,11-/m0/s1. The molecule has 2 fully saturated rings. The van der Waals surface area contributed by atoms with Gasteiger partial charge in [-0.3, -0.25) is 9.63 Å². The molecule has 2 rings (SSSR count). The number of urea groups is 1. The van der Waals surface area contributed by atoms with E-state index in [1.54, 1.807) is 6.08 Å². The number of hydrogen-bond donors (Lipinski definition) is 1. The predicted molar refractivity (Wildman–Crippen MR) is 86.5 cm³/mol. The summed E-state index contributed by atoms with van der Waals surface area (Å²) in [4.78, 5) is 35.9. The lowest BCUT2D eigenvalue weighted by Gasteiger charge is -2.34. The molecule has 2 aliphatic heterocycles. The lowest BCUT2D eigenvalue weighted by Crippen LogP contribution is -2.55. The van der Waals surface area contributed by atoms with E-state index < -0.39 is 13.1 Å². The molecule has 0 spiro atoms. The summed E-state index contributed by atoms with van der Waals surface area (Å²) in [5.74, 6) is -0.351. The van der Waals surface area contributed by atoms with E-state index >= 15 is 0 Å². The Morgan fingerprint density at radius 3 is 3.04 bits per heavy atom. The minimum Gasteiger partial charge on any atom is -0.432 e. The second-order valence-electron chi connectivity index (χ2n) is 5.71. The first-order valence-electron chi connectivity index (χ1n) is 7.84. The van der Waals surface area contributed by atoms with Gasteiger partial charge in [0.2, 0.25) is 5.91 Å². The Bertz CT molecular complexity index is 553. The zero-order valence-electron chi connectivity index (χ0n) is 13.6. The van der Waals surface area contributed by atoms with Crippen LogP contribution in [0.5, 0.6) is 0 Å². The fourth-order valence-corrected chi connectivity index (χ4v) is 3.06. The van der Waals surface area contributed by atoms with E-state index in [0.29, 0.717) is 19.4 Å². The van der Waals surface area contributed by atoms with Crippen LogP contribution >= 0.6 is 0 Å². The van der Waals surface area contributed by atoms with Crippen molar-refractivity contribution in [1.82, 2.24) is 14.8 Å². The topological polar surface area (TPSA) is 122 Å². The van der Waals surface area contributed by atoms with Gasteiger partial charge in [0.1, 0.15) is 6.04 Å². The number of piperidine rings is 1. The highest BCUT2D eigenvalue weighted by Crippen LogP contribution is 2.31. The average Bonchev–Trinajstić information content (AvgIpc) is 2.80. The number of nitrogens with zero attached hydrogens (tertiary/aromatic N) is 6. The van der Waals surface area contributed by atoms with Gasteiger partial charge in [0.15, 0.2) is 0 Å². The second kappa shape index (κ2) is 8.05. The van der Waals surface area contributed by atoms with E-state index in [9.17, 15) is 14.6 Å². The van der Waals surface area contributed by atoms with E-state index in [-0.39, 0.29) is 37.7 Å². The van der Waals surface area contributed by atoms with Crippen LogP contribution in [-0.2, 0) is 9.63 Å². The van der Waals surface area contributed by atoms with Crippen molar-refractivity contribution >= 4 is 19.0 Å². The highest BCUT2D eigenvalue weighted by Gasteiger charge is 2.49. The van der Waals surface area contributed by atoms with Gasteiger partial charge in [-0.25, -0.2) is 4.79 Å². The molecule has 2 heterocycles. The van der Waals surface area contributed by atoms with Crippen molar-refractivity contribution in [3.8, 4) is 0 Å². The Morgan fingerprint density at radius 2 is 2.42 bits per heavy atom. The molecule has 10 nitrogen and oxygen atoms in total. The van der Waals surface area contributed by atoms with Crippen molar-refractivity contribution in [3.05, 3.63) is 23.1 Å². The molecule has 2 aliphatic rings. The van der Waals surface area contributed by atoms with Crippen LogP contribution in [0, 0.1) is 0 Å². The smallest absolute Gasteiger partial charge is 0.411 e. The summed E-state index contributed by atoms with van der Waals surface area (Å²) >= 11 is 0. The molecular formula is C13H21BN6O4. The maximum absolute atomic E-state index is 12.7.